The normalized spacial score (nSPS) is 18.0. The molecule has 0 aliphatic carbocycles. The van der Waals surface area contributed by atoms with Crippen molar-refractivity contribution in [1.29, 1.82) is 0 Å². The van der Waals surface area contributed by atoms with E-state index in [0.717, 1.165) is 45.0 Å². The maximum atomic E-state index is 12.6. The van der Waals surface area contributed by atoms with Gasteiger partial charge in [0.2, 0.25) is 5.95 Å². The van der Waals surface area contributed by atoms with Gasteiger partial charge >= 0.3 is 0 Å². The number of benzene rings is 1. The van der Waals surface area contributed by atoms with Crippen LogP contribution in [0.25, 0.3) is 0 Å². The molecule has 0 unspecified atom stereocenters. The number of carbonyl (C=O) groups is 1. The molecule has 1 amide bonds. The molecule has 4 rings (SSSR count). The lowest BCUT2D eigenvalue weighted by molar-refractivity contribution is 0.102. The Balaban J connectivity index is 1.32. The first-order valence-electron chi connectivity index (χ1n) is 10.7. The molecular formula is C22H30N6O2. The fraction of sp³-hybridized carbons (Fsp3) is 0.500. The van der Waals surface area contributed by atoms with Crippen LogP contribution >= 0.6 is 0 Å². The molecule has 0 spiro atoms. The highest BCUT2D eigenvalue weighted by Crippen LogP contribution is 2.19. The van der Waals surface area contributed by atoms with Crippen molar-refractivity contribution >= 4 is 23.2 Å². The van der Waals surface area contributed by atoms with Gasteiger partial charge in [-0.1, -0.05) is 0 Å². The predicted octanol–water partition coefficient (Wildman–Crippen LogP) is 2.10. The van der Waals surface area contributed by atoms with E-state index in [1.54, 1.807) is 12.4 Å². The summed E-state index contributed by atoms with van der Waals surface area (Å²) in [4.78, 5) is 28.3. The minimum absolute atomic E-state index is 0.158. The smallest absolute Gasteiger partial charge is 0.255 e. The van der Waals surface area contributed by atoms with Gasteiger partial charge in [0.05, 0.1) is 31.3 Å². The first-order valence-corrected chi connectivity index (χ1v) is 10.7. The van der Waals surface area contributed by atoms with Crippen molar-refractivity contribution in [2.45, 2.75) is 19.9 Å². The summed E-state index contributed by atoms with van der Waals surface area (Å²) in [6, 6.07) is 8.39. The molecule has 0 atom stereocenters. The van der Waals surface area contributed by atoms with Crippen molar-refractivity contribution in [3.63, 3.8) is 0 Å². The Bertz CT molecular complexity index is 826. The SMILES string of the molecule is CC(C)N1CCN(c2ccc(C(=O)Nc3cnc(N4CCOCC4)nc3)cc2)CC1. The lowest BCUT2D eigenvalue weighted by atomic mass is 10.1. The van der Waals surface area contributed by atoms with E-state index in [9.17, 15) is 4.79 Å². The number of anilines is 3. The summed E-state index contributed by atoms with van der Waals surface area (Å²) in [5, 5.41) is 2.88. The van der Waals surface area contributed by atoms with Gasteiger partial charge in [-0.05, 0) is 38.1 Å². The quantitative estimate of drug-likeness (QED) is 0.809. The number of rotatable bonds is 5. The van der Waals surface area contributed by atoms with E-state index in [0.29, 0.717) is 36.5 Å². The second-order valence-electron chi connectivity index (χ2n) is 7.99. The Morgan fingerprint density at radius 3 is 2.17 bits per heavy atom. The van der Waals surface area contributed by atoms with Gasteiger partial charge in [0.25, 0.3) is 5.91 Å². The van der Waals surface area contributed by atoms with Crippen LogP contribution in [0.3, 0.4) is 0 Å². The summed E-state index contributed by atoms with van der Waals surface area (Å²) < 4.78 is 5.35. The monoisotopic (exact) mass is 410 g/mol. The average molecular weight is 411 g/mol. The van der Waals surface area contributed by atoms with Crippen LogP contribution in [0.15, 0.2) is 36.7 Å². The maximum Gasteiger partial charge on any atom is 0.255 e. The van der Waals surface area contributed by atoms with Crippen LogP contribution in [0, 0.1) is 0 Å². The van der Waals surface area contributed by atoms with Crippen LogP contribution in [0.4, 0.5) is 17.3 Å². The zero-order valence-electron chi connectivity index (χ0n) is 17.8. The summed E-state index contributed by atoms with van der Waals surface area (Å²) in [6.45, 7) is 11.6. The topological polar surface area (TPSA) is 73.8 Å². The number of piperazine rings is 1. The van der Waals surface area contributed by atoms with Crippen molar-refractivity contribution in [2.75, 3.05) is 67.6 Å². The first-order chi connectivity index (χ1) is 14.6. The first kappa shape index (κ1) is 20.6. The molecule has 2 saturated heterocycles. The van der Waals surface area contributed by atoms with Crippen molar-refractivity contribution in [3.05, 3.63) is 42.2 Å². The fourth-order valence-corrected chi connectivity index (χ4v) is 3.84. The fourth-order valence-electron chi connectivity index (χ4n) is 3.84. The average Bonchev–Trinajstić information content (AvgIpc) is 2.80. The molecule has 2 fully saturated rings. The number of carbonyl (C=O) groups excluding carboxylic acids is 1. The minimum Gasteiger partial charge on any atom is -0.378 e. The third-order valence-electron chi connectivity index (χ3n) is 5.73. The number of hydrogen-bond donors (Lipinski definition) is 1. The number of nitrogens with zero attached hydrogens (tertiary/aromatic N) is 5. The van der Waals surface area contributed by atoms with Gasteiger partial charge in [0, 0.05) is 56.6 Å². The van der Waals surface area contributed by atoms with Crippen molar-refractivity contribution in [2.24, 2.45) is 0 Å². The molecular weight excluding hydrogens is 380 g/mol. The molecule has 8 heteroatoms. The molecule has 0 radical (unpaired) electrons. The van der Waals surface area contributed by atoms with E-state index in [-0.39, 0.29) is 5.91 Å². The Labute approximate surface area is 177 Å². The summed E-state index contributed by atoms with van der Waals surface area (Å²) in [7, 11) is 0. The number of morpholine rings is 1. The van der Waals surface area contributed by atoms with Crippen LogP contribution in [0.5, 0.6) is 0 Å². The molecule has 1 aromatic carbocycles. The Morgan fingerprint density at radius 1 is 0.933 bits per heavy atom. The second kappa shape index (κ2) is 9.40. The molecule has 0 bridgehead atoms. The van der Waals surface area contributed by atoms with Crippen LogP contribution in [0.2, 0.25) is 0 Å². The standard InChI is InChI=1S/C22H30N6O2/c1-17(2)26-7-9-27(10-8-26)20-5-3-18(4-6-20)21(29)25-19-15-23-22(24-16-19)28-11-13-30-14-12-28/h3-6,15-17H,7-14H2,1-2H3,(H,25,29). The summed E-state index contributed by atoms with van der Waals surface area (Å²) >= 11 is 0. The van der Waals surface area contributed by atoms with Crippen molar-refractivity contribution in [1.82, 2.24) is 14.9 Å². The molecule has 8 nitrogen and oxygen atoms in total. The molecule has 160 valence electrons. The van der Waals surface area contributed by atoms with Gasteiger partial charge in [-0.2, -0.15) is 0 Å². The van der Waals surface area contributed by atoms with Crippen LogP contribution in [-0.4, -0.2) is 79.3 Å². The largest absolute Gasteiger partial charge is 0.378 e. The lowest BCUT2D eigenvalue weighted by Crippen LogP contribution is -2.48. The van der Waals surface area contributed by atoms with E-state index in [2.05, 4.69) is 43.8 Å². The Kier molecular flexibility index (Phi) is 6.44. The molecule has 1 aromatic heterocycles. The van der Waals surface area contributed by atoms with Gasteiger partial charge in [-0.25, -0.2) is 9.97 Å². The van der Waals surface area contributed by atoms with Gasteiger partial charge in [-0.15, -0.1) is 0 Å². The van der Waals surface area contributed by atoms with Gasteiger partial charge < -0.3 is 19.9 Å². The highest BCUT2D eigenvalue weighted by Gasteiger charge is 2.19. The highest BCUT2D eigenvalue weighted by atomic mass is 16.5. The molecule has 3 heterocycles. The van der Waals surface area contributed by atoms with E-state index < -0.39 is 0 Å². The van der Waals surface area contributed by atoms with Gasteiger partial charge in [0.1, 0.15) is 0 Å². The summed E-state index contributed by atoms with van der Waals surface area (Å²) in [6.07, 6.45) is 3.30. The third-order valence-corrected chi connectivity index (χ3v) is 5.73. The highest BCUT2D eigenvalue weighted by molar-refractivity contribution is 6.04. The van der Waals surface area contributed by atoms with Crippen molar-refractivity contribution in [3.8, 4) is 0 Å². The molecule has 30 heavy (non-hydrogen) atoms. The van der Waals surface area contributed by atoms with Crippen LogP contribution < -0.4 is 15.1 Å². The number of amides is 1. The van der Waals surface area contributed by atoms with E-state index in [1.807, 2.05) is 24.3 Å². The van der Waals surface area contributed by atoms with E-state index >= 15 is 0 Å². The molecule has 2 aromatic rings. The summed E-state index contributed by atoms with van der Waals surface area (Å²) in [5.41, 5.74) is 2.37. The van der Waals surface area contributed by atoms with Crippen molar-refractivity contribution < 1.29 is 9.53 Å². The number of aromatic nitrogens is 2. The zero-order valence-corrected chi connectivity index (χ0v) is 17.8. The Hall–Kier alpha value is -2.71. The van der Waals surface area contributed by atoms with Crippen LogP contribution in [-0.2, 0) is 4.74 Å². The van der Waals surface area contributed by atoms with Gasteiger partial charge in [-0.3, -0.25) is 9.69 Å². The lowest BCUT2D eigenvalue weighted by Gasteiger charge is -2.38. The molecule has 2 aliphatic heterocycles. The number of ether oxygens (including phenoxy) is 1. The third kappa shape index (κ3) is 4.88. The second-order valence-corrected chi connectivity index (χ2v) is 7.99. The molecule has 2 aliphatic rings. The maximum absolute atomic E-state index is 12.6. The molecule has 0 saturated carbocycles. The zero-order chi connectivity index (χ0) is 20.9. The number of hydrogen-bond acceptors (Lipinski definition) is 7. The van der Waals surface area contributed by atoms with E-state index in [1.165, 1.54) is 0 Å². The van der Waals surface area contributed by atoms with Crippen LogP contribution in [0.1, 0.15) is 24.2 Å². The van der Waals surface area contributed by atoms with E-state index in [4.69, 9.17) is 4.74 Å². The number of nitrogens with one attached hydrogen (secondary N) is 1. The minimum atomic E-state index is -0.158. The Morgan fingerprint density at radius 2 is 1.57 bits per heavy atom. The molecule has 1 N–H and O–H groups in total. The summed E-state index contributed by atoms with van der Waals surface area (Å²) in [5.74, 6) is 0.507. The van der Waals surface area contributed by atoms with Gasteiger partial charge in [0.15, 0.2) is 0 Å². The predicted molar refractivity (Wildman–Crippen MR) is 118 cm³/mol.